The summed E-state index contributed by atoms with van der Waals surface area (Å²) in [6.07, 6.45) is -4.52. The van der Waals surface area contributed by atoms with Gasteiger partial charge in [-0.15, -0.1) is 0 Å². The van der Waals surface area contributed by atoms with Crippen molar-refractivity contribution in [2.45, 2.75) is 20.0 Å². The molecule has 0 aliphatic carbocycles. The predicted molar refractivity (Wildman–Crippen MR) is 112 cm³/mol. The standard InChI is InChI=1S/C18H18BrF3NO4PS/c1-3-25-28(29,26-4-2)27-16-9-8-13(19)11-15(16)17(24)23-14-7-5-6-12(10-14)18(20,21)22/h5-11H,3-4H2,1-2H3,(H,23,24). The van der Waals surface area contributed by atoms with Crippen LogP contribution in [0.1, 0.15) is 29.8 Å². The van der Waals surface area contributed by atoms with E-state index >= 15 is 0 Å². The maximum absolute atomic E-state index is 12.9. The molecule has 0 heterocycles. The van der Waals surface area contributed by atoms with Crippen molar-refractivity contribution in [3.8, 4) is 5.75 Å². The van der Waals surface area contributed by atoms with Crippen LogP contribution in [0.5, 0.6) is 5.75 Å². The van der Waals surface area contributed by atoms with Gasteiger partial charge in [0.15, 0.2) is 0 Å². The van der Waals surface area contributed by atoms with Gasteiger partial charge in [0.1, 0.15) is 5.75 Å². The molecule has 0 aromatic heterocycles. The molecular formula is C18H18BrF3NO4PS. The second-order valence-electron chi connectivity index (χ2n) is 5.55. The molecule has 2 rings (SSSR count). The number of carbonyl (C=O) groups excluding carboxylic acids is 1. The number of carbonyl (C=O) groups is 1. The zero-order valence-electron chi connectivity index (χ0n) is 15.5. The summed E-state index contributed by atoms with van der Waals surface area (Å²) in [6.45, 7) is 0.810. The Morgan fingerprint density at radius 3 is 2.38 bits per heavy atom. The quantitative estimate of drug-likeness (QED) is 0.415. The third kappa shape index (κ3) is 6.79. The largest absolute Gasteiger partial charge is 0.423 e. The van der Waals surface area contributed by atoms with E-state index in [2.05, 4.69) is 21.2 Å². The number of nitrogens with one attached hydrogen (secondary N) is 1. The van der Waals surface area contributed by atoms with E-state index in [1.165, 1.54) is 24.3 Å². The smallest absolute Gasteiger partial charge is 0.416 e. The Morgan fingerprint density at radius 2 is 1.79 bits per heavy atom. The van der Waals surface area contributed by atoms with Crippen LogP contribution in [0.25, 0.3) is 0 Å². The number of benzene rings is 2. The molecule has 158 valence electrons. The van der Waals surface area contributed by atoms with Gasteiger partial charge in [0.05, 0.1) is 24.3 Å². The van der Waals surface area contributed by atoms with Crippen LogP contribution in [0.15, 0.2) is 46.9 Å². The van der Waals surface area contributed by atoms with Gasteiger partial charge in [-0.05, 0) is 50.2 Å². The normalized spacial score (nSPS) is 11.9. The van der Waals surface area contributed by atoms with Gasteiger partial charge in [0.2, 0.25) is 0 Å². The molecule has 5 nitrogen and oxygen atoms in total. The molecule has 0 aliphatic rings. The van der Waals surface area contributed by atoms with Crippen molar-refractivity contribution in [3.05, 3.63) is 58.1 Å². The van der Waals surface area contributed by atoms with Gasteiger partial charge < -0.3 is 9.84 Å². The van der Waals surface area contributed by atoms with E-state index in [4.69, 9.17) is 25.4 Å². The lowest BCUT2D eigenvalue weighted by Gasteiger charge is -2.22. The van der Waals surface area contributed by atoms with E-state index in [9.17, 15) is 18.0 Å². The summed E-state index contributed by atoms with van der Waals surface area (Å²) in [6, 6.07) is 8.94. The zero-order chi connectivity index (χ0) is 21.7. The highest BCUT2D eigenvalue weighted by atomic mass is 79.9. The first-order valence-corrected chi connectivity index (χ1v) is 11.8. The number of rotatable bonds is 8. The number of anilines is 1. The molecule has 0 fully saturated rings. The van der Waals surface area contributed by atoms with E-state index in [0.29, 0.717) is 4.47 Å². The molecule has 0 spiro atoms. The molecule has 0 saturated heterocycles. The van der Waals surface area contributed by atoms with Gasteiger partial charge in [-0.2, -0.15) is 13.2 Å². The Balaban J connectivity index is 2.33. The van der Waals surface area contributed by atoms with E-state index in [1.807, 2.05) is 0 Å². The van der Waals surface area contributed by atoms with Gasteiger partial charge in [-0.25, -0.2) is 0 Å². The van der Waals surface area contributed by atoms with Gasteiger partial charge in [0.25, 0.3) is 5.91 Å². The molecule has 11 heteroatoms. The number of halogens is 4. The summed E-state index contributed by atoms with van der Waals surface area (Å²) >= 11 is 8.59. The Morgan fingerprint density at radius 1 is 1.14 bits per heavy atom. The topological polar surface area (TPSA) is 56.8 Å². The van der Waals surface area contributed by atoms with Crippen molar-refractivity contribution < 1.29 is 31.5 Å². The lowest BCUT2D eigenvalue weighted by Crippen LogP contribution is -2.15. The van der Waals surface area contributed by atoms with Crippen LogP contribution in [0, 0.1) is 0 Å². The molecule has 1 N–H and O–H groups in total. The SMILES string of the molecule is CCOP(=S)(OCC)Oc1ccc(Br)cc1C(=O)Nc1cccc(C(F)(F)F)c1. The first kappa shape index (κ1) is 23.8. The maximum atomic E-state index is 12.9. The second kappa shape index (κ2) is 10.0. The Hall–Kier alpha value is -1.45. The summed E-state index contributed by atoms with van der Waals surface area (Å²) in [7, 11) is 0. The molecule has 0 aliphatic heterocycles. The van der Waals surface area contributed by atoms with Crippen LogP contribution >= 0.6 is 22.6 Å². The molecule has 0 bridgehead atoms. The lowest BCUT2D eigenvalue weighted by molar-refractivity contribution is -0.137. The van der Waals surface area contributed by atoms with Crippen LogP contribution in [-0.2, 0) is 27.0 Å². The molecule has 2 aromatic carbocycles. The van der Waals surface area contributed by atoms with Crippen molar-refractivity contribution >= 4 is 46.0 Å². The number of hydrogen-bond acceptors (Lipinski definition) is 5. The van der Waals surface area contributed by atoms with Crippen molar-refractivity contribution in [2.24, 2.45) is 0 Å². The van der Waals surface area contributed by atoms with Crippen LogP contribution in [-0.4, -0.2) is 19.1 Å². The van der Waals surface area contributed by atoms with E-state index in [0.717, 1.165) is 12.1 Å². The van der Waals surface area contributed by atoms with Crippen molar-refractivity contribution in [2.75, 3.05) is 18.5 Å². The fourth-order valence-electron chi connectivity index (χ4n) is 2.26. The highest BCUT2D eigenvalue weighted by molar-refractivity contribution is 9.10. The number of amides is 1. The average molecular weight is 512 g/mol. The molecule has 0 unspecified atom stereocenters. The lowest BCUT2D eigenvalue weighted by atomic mass is 10.1. The molecule has 0 saturated carbocycles. The summed E-state index contributed by atoms with van der Waals surface area (Å²) in [5, 5.41) is 2.45. The van der Waals surface area contributed by atoms with Crippen molar-refractivity contribution in [3.63, 3.8) is 0 Å². The minimum atomic E-state index is -4.52. The van der Waals surface area contributed by atoms with E-state index in [-0.39, 0.29) is 30.2 Å². The molecular weight excluding hydrogens is 494 g/mol. The number of alkyl halides is 3. The maximum Gasteiger partial charge on any atom is 0.416 e. The van der Waals surface area contributed by atoms with Crippen LogP contribution in [0.2, 0.25) is 0 Å². The van der Waals surface area contributed by atoms with Gasteiger partial charge in [-0.3, -0.25) is 13.8 Å². The van der Waals surface area contributed by atoms with Gasteiger partial charge in [-0.1, -0.05) is 22.0 Å². The molecule has 2 aromatic rings. The number of hydrogen-bond donors (Lipinski definition) is 1. The van der Waals surface area contributed by atoms with Gasteiger partial charge >= 0.3 is 12.9 Å². The average Bonchev–Trinajstić information content (AvgIpc) is 2.63. The highest BCUT2D eigenvalue weighted by Crippen LogP contribution is 2.50. The first-order chi connectivity index (χ1) is 13.6. The third-order valence-electron chi connectivity index (χ3n) is 3.42. The van der Waals surface area contributed by atoms with Gasteiger partial charge in [0, 0.05) is 22.0 Å². The monoisotopic (exact) mass is 511 g/mol. The summed E-state index contributed by atoms with van der Waals surface area (Å²) in [4.78, 5) is 12.8. The Labute approximate surface area is 179 Å². The van der Waals surface area contributed by atoms with E-state index < -0.39 is 24.4 Å². The highest BCUT2D eigenvalue weighted by Gasteiger charge is 2.31. The van der Waals surface area contributed by atoms with Crippen LogP contribution < -0.4 is 9.84 Å². The van der Waals surface area contributed by atoms with Crippen LogP contribution in [0.3, 0.4) is 0 Å². The fourth-order valence-corrected chi connectivity index (χ4v) is 4.70. The van der Waals surface area contributed by atoms with Crippen molar-refractivity contribution in [1.82, 2.24) is 0 Å². The fraction of sp³-hybridized carbons (Fsp3) is 0.278. The Bertz CT molecular complexity index is 916. The molecule has 29 heavy (non-hydrogen) atoms. The summed E-state index contributed by atoms with van der Waals surface area (Å²) in [5.41, 5.74) is -0.820. The Kier molecular flexibility index (Phi) is 8.25. The molecule has 0 atom stereocenters. The van der Waals surface area contributed by atoms with Crippen molar-refractivity contribution in [1.29, 1.82) is 0 Å². The minimum Gasteiger partial charge on any atom is -0.423 e. The van der Waals surface area contributed by atoms with E-state index in [1.54, 1.807) is 19.9 Å². The molecule has 1 amide bonds. The molecule has 0 radical (unpaired) electrons. The van der Waals surface area contributed by atoms with Crippen LogP contribution in [0.4, 0.5) is 18.9 Å². The minimum absolute atomic E-state index is 0.00944. The zero-order valence-corrected chi connectivity index (χ0v) is 18.8. The predicted octanol–water partition coefficient (Wildman–Crippen LogP) is 6.40. The second-order valence-corrected chi connectivity index (χ2v) is 9.40. The first-order valence-electron chi connectivity index (χ1n) is 8.45. The summed E-state index contributed by atoms with van der Waals surface area (Å²) < 4.78 is 55.8. The summed E-state index contributed by atoms with van der Waals surface area (Å²) in [5.74, 6) is -0.571. The third-order valence-corrected chi connectivity index (χ3v) is 6.34.